The molecule has 1 heterocycles. The van der Waals surface area contributed by atoms with Gasteiger partial charge in [0, 0.05) is 6.54 Å². The van der Waals surface area contributed by atoms with Gasteiger partial charge >= 0.3 is 0 Å². The molecule has 7 heteroatoms. The summed E-state index contributed by atoms with van der Waals surface area (Å²) >= 11 is 4.81. The smallest absolute Gasteiger partial charge is 0.257 e. The van der Waals surface area contributed by atoms with E-state index in [1.54, 1.807) is 0 Å². The molecule has 3 rings (SSSR count). The molecule has 1 spiro atoms. The summed E-state index contributed by atoms with van der Waals surface area (Å²) in [6.45, 7) is 2.41. The zero-order valence-corrected chi connectivity index (χ0v) is 15.7. The fourth-order valence-electron chi connectivity index (χ4n) is 3.62. The van der Waals surface area contributed by atoms with Gasteiger partial charge in [0.1, 0.15) is 11.2 Å². The lowest BCUT2D eigenvalue weighted by molar-refractivity contribution is -0.117. The summed E-state index contributed by atoms with van der Waals surface area (Å²) in [5.41, 5.74) is 10.0. The lowest BCUT2D eigenvalue weighted by Crippen LogP contribution is -2.34. The van der Waals surface area contributed by atoms with Crippen molar-refractivity contribution in [2.75, 3.05) is 0 Å². The molecular weight excluding hydrogens is 348 g/mol. The minimum Gasteiger partial charge on any atom is -0.465 e. The Morgan fingerprint density at radius 1 is 1.27 bits per heavy atom. The van der Waals surface area contributed by atoms with Crippen molar-refractivity contribution in [3.63, 3.8) is 0 Å². The van der Waals surface area contributed by atoms with Crippen molar-refractivity contribution in [2.45, 2.75) is 51.2 Å². The Hall–Kier alpha value is -2.41. The summed E-state index contributed by atoms with van der Waals surface area (Å²) in [7, 11) is 0. The van der Waals surface area contributed by atoms with Crippen LogP contribution in [0.4, 0.5) is 0 Å². The molecule has 0 unspecified atom stereocenters. The van der Waals surface area contributed by atoms with Crippen LogP contribution in [0.5, 0.6) is 0 Å². The molecule has 0 radical (unpaired) electrons. The molecule has 1 amide bonds. The van der Waals surface area contributed by atoms with E-state index in [9.17, 15) is 4.79 Å². The number of hydrogen-bond donors (Lipinski definition) is 3. The first-order valence-electron chi connectivity index (χ1n) is 8.88. The average Bonchev–Trinajstić information content (AvgIpc) is 2.91. The van der Waals surface area contributed by atoms with Gasteiger partial charge in [-0.25, -0.2) is 0 Å². The second-order valence-electron chi connectivity index (χ2n) is 6.72. The molecule has 26 heavy (non-hydrogen) atoms. The number of hydrogen-bond acceptors (Lipinski definition) is 4. The lowest BCUT2D eigenvalue weighted by atomic mass is 9.79. The van der Waals surface area contributed by atoms with E-state index in [0.29, 0.717) is 12.1 Å². The van der Waals surface area contributed by atoms with Crippen LogP contribution < -0.4 is 16.5 Å². The van der Waals surface area contributed by atoms with Crippen LogP contribution in [0.3, 0.4) is 0 Å². The van der Waals surface area contributed by atoms with Crippen LogP contribution in [-0.4, -0.2) is 22.5 Å². The van der Waals surface area contributed by atoms with Gasteiger partial charge in [-0.05, 0) is 56.0 Å². The Balaban J connectivity index is 1.84. The lowest BCUT2D eigenvalue weighted by Gasteiger charge is -2.33. The molecule has 4 N–H and O–H groups in total. The van der Waals surface area contributed by atoms with E-state index in [1.165, 1.54) is 6.42 Å². The van der Waals surface area contributed by atoms with Crippen LogP contribution >= 0.6 is 12.2 Å². The zero-order chi connectivity index (χ0) is 18.6. The van der Waals surface area contributed by atoms with E-state index >= 15 is 0 Å². The van der Waals surface area contributed by atoms with Gasteiger partial charge < -0.3 is 15.8 Å². The Morgan fingerprint density at radius 2 is 1.96 bits per heavy atom. The molecule has 2 aliphatic rings. The molecule has 1 saturated carbocycles. The average molecular weight is 372 g/mol. The number of amides is 1. The molecule has 1 fully saturated rings. The highest BCUT2D eigenvalue weighted by Gasteiger charge is 2.46. The minimum atomic E-state index is -0.436. The van der Waals surface area contributed by atoms with E-state index in [4.69, 9.17) is 22.7 Å². The van der Waals surface area contributed by atoms with Crippen molar-refractivity contribution < 1.29 is 9.53 Å². The van der Waals surface area contributed by atoms with E-state index in [2.05, 4.69) is 15.8 Å². The van der Waals surface area contributed by atoms with Gasteiger partial charge in [-0.1, -0.05) is 36.8 Å². The number of hydrazone groups is 1. The van der Waals surface area contributed by atoms with Gasteiger partial charge in [0.15, 0.2) is 5.11 Å². The minimum absolute atomic E-state index is 0.0346. The highest BCUT2D eigenvalue weighted by Crippen LogP contribution is 2.43. The number of thiocarbonyl (C=S) groups is 1. The van der Waals surface area contributed by atoms with Crippen LogP contribution in [0.2, 0.25) is 0 Å². The van der Waals surface area contributed by atoms with Crippen LogP contribution in [0.25, 0.3) is 0 Å². The number of benzene rings is 1. The predicted molar refractivity (Wildman–Crippen MR) is 105 cm³/mol. The number of nitrogens with one attached hydrogen (secondary N) is 2. The summed E-state index contributed by atoms with van der Waals surface area (Å²) in [4.78, 5) is 12.9. The van der Waals surface area contributed by atoms with Crippen molar-refractivity contribution in [3.8, 4) is 0 Å². The molecule has 0 saturated heterocycles. The van der Waals surface area contributed by atoms with Gasteiger partial charge in [0.05, 0.1) is 0 Å². The fourth-order valence-corrected chi connectivity index (χ4v) is 3.67. The van der Waals surface area contributed by atoms with Gasteiger partial charge in [-0.3, -0.25) is 10.2 Å². The zero-order valence-electron chi connectivity index (χ0n) is 14.9. The molecule has 1 aliphatic heterocycles. The second-order valence-corrected chi connectivity index (χ2v) is 7.16. The number of carbonyl (C=O) groups is 1. The Bertz CT molecular complexity index is 752. The summed E-state index contributed by atoms with van der Waals surface area (Å²) in [5, 5.41) is 7.14. The largest absolute Gasteiger partial charge is 0.465 e. The number of nitrogens with zero attached hydrogens (tertiary/aromatic N) is 1. The number of rotatable bonds is 4. The standard InChI is InChI=1S/C19H24N4O2S/c1-13-15(16(24)21-12-14-8-4-2-5-9-14)17(22-23-18(20)26)25-19(13)10-6-3-7-11-19/h2,4-5,8-9H,3,6-7,10-12H2,1H3,(H,21,24)(H3,20,23,26). The molecule has 1 aromatic rings. The normalized spacial score (nSPS) is 20.1. The second kappa shape index (κ2) is 7.86. The van der Waals surface area contributed by atoms with Crippen molar-refractivity contribution in [2.24, 2.45) is 10.8 Å². The van der Waals surface area contributed by atoms with E-state index < -0.39 is 5.60 Å². The Morgan fingerprint density at radius 3 is 2.62 bits per heavy atom. The maximum atomic E-state index is 12.9. The van der Waals surface area contributed by atoms with Crippen LogP contribution in [0, 0.1) is 0 Å². The maximum absolute atomic E-state index is 12.9. The SMILES string of the molecule is CC1=C(C(=O)NCc2ccccc2)C(=NNC(N)=S)OC12CCCCC2. The molecular formula is C19H24N4O2S. The number of ether oxygens (including phenoxy) is 1. The summed E-state index contributed by atoms with van der Waals surface area (Å²) in [6.07, 6.45) is 5.12. The molecule has 6 nitrogen and oxygen atoms in total. The fraction of sp³-hybridized carbons (Fsp3) is 0.421. The van der Waals surface area contributed by atoms with E-state index in [0.717, 1.165) is 36.8 Å². The van der Waals surface area contributed by atoms with Gasteiger partial charge in [0.25, 0.3) is 5.91 Å². The third-order valence-electron chi connectivity index (χ3n) is 5.02. The Kier molecular flexibility index (Phi) is 5.56. The Labute approximate surface area is 158 Å². The summed E-state index contributed by atoms with van der Waals surface area (Å²) in [5.74, 6) is 0.0695. The first-order chi connectivity index (χ1) is 12.5. The third-order valence-corrected chi connectivity index (χ3v) is 5.11. The molecule has 0 aromatic heterocycles. The molecule has 1 aliphatic carbocycles. The topological polar surface area (TPSA) is 88.7 Å². The maximum Gasteiger partial charge on any atom is 0.257 e. The van der Waals surface area contributed by atoms with Crippen molar-refractivity contribution in [1.29, 1.82) is 0 Å². The first-order valence-corrected chi connectivity index (χ1v) is 9.29. The highest BCUT2D eigenvalue weighted by molar-refractivity contribution is 7.80. The van der Waals surface area contributed by atoms with Crippen molar-refractivity contribution in [1.82, 2.24) is 10.7 Å². The van der Waals surface area contributed by atoms with Crippen LogP contribution in [-0.2, 0) is 16.1 Å². The predicted octanol–water partition coefficient (Wildman–Crippen LogP) is 2.50. The summed E-state index contributed by atoms with van der Waals surface area (Å²) < 4.78 is 6.18. The van der Waals surface area contributed by atoms with Gasteiger partial charge in [-0.2, -0.15) is 0 Å². The number of nitrogens with two attached hydrogens (primary N) is 1. The third kappa shape index (κ3) is 3.88. The van der Waals surface area contributed by atoms with Gasteiger partial charge in [-0.15, -0.1) is 5.10 Å². The summed E-state index contributed by atoms with van der Waals surface area (Å²) in [6, 6.07) is 9.78. The monoisotopic (exact) mass is 372 g/mol. The van der Waals surface area contributed by atoms with Crippen molar-refractivity contribution >= 4 is 29.1 Å². The van der Waals surface area contributed by atoms with E-state index in [-0.39, 0.29) is 16.9 Å². The van der Waals surface area contributed by atoms with Crippen LogP contribution in [0.1, 0.15) is 44.6 Å². The van der Waals surface area contributed by atoms with Crippen molar-refractivity contribution in [3.05, 3.63) is 47.0 Å². The highest BCUT2D eigenvalue weighted by atomic mass is 32.1. The molecule has 1 aromatic carbocycles. The van der Waals surface area contributed by atoms with Crippen LogP contribution in [0.15, 0.2) is 46.6 Å². The molecule has 0 bridgehead atoms. The molecule has 0 atom stereocenters. The van der Waals surface area contributed by atoms with Gasteiger partial charge in [0.2, 0.25) is 5.90 Å². The molecule has 138 valence electrons. The first kappa shape index (κ1) is 18.4. The number of carbonyl (C=O) groups excluding carboxylic acids is 1. The quantitative estimate of drug-likeness (QED) is 0.558. The van der Waals surface area contributed by atoms with E-state index in [1.807, 2.05) is 37.3 Å².